The van der Waals surface area contributed by atoms with Crippen LogP contribution in [0.25, 0.3) is 11.1 Å². The molecule has 0 bridgehead atoms. The van der Waals surface area contributed by atoms with Crippen LogP contribution in [0.1, 0.15) is 44.4 Å². The lowest BCUT2D eigenvalue weighted by atomic mass is 9.83. The van der Waals surface area contributed by atoms with Gasteiger partial charge in [0.2, 0.25) is 0 Å². The average molecular weight is 215 g/mol. The van der Waals surface area contributed by atoms with E-state index in [2.05, 4.69) is 11.9 Å². The third kappa shape index (κ3) is 1.73. The topological polar surface area (TPSA) is 26.0 Å². The lowest BCUT2D eigenvalue weighted by molar-refractivity contribution is 0.312. The first-order valence-electron chi connectivity index (χ1n) is 6.18. The first-order valence-corrected chi connectivity index (χ1v) is 6.18. The summed E-state index contributed by atoms with van der Waals surface area (Å²) in [5.74, 6) is 2.37. The number of hydrogen-bond donors (Lipinski definition) is 0. The molecule has 0 radical (unpaired) electrons. The fourth-order valence-corrected chi connectivity index (χ4v) is 2.57. The molecule has 3 rings (SSSR count). The van der Waals surface area contributed by atoms with Crippen molar-refractivity contribution in [2.75, 3.05) is 0 Å². The van der Waals surface area contributed by atoms with E-state index in [-0.39, 0.29) is 0 Å². The number of para-hydroxylation sites is 2. The molecule has 1 aromatic heterocycles. The van der Waals surface area contributed by atoms with E-state index in [4.69, 9.17) is 4.42 Å². The summed E-state index contributed by atoms with van der Waals surface area (Å²) >= 11 is 0. The molecule has 2 nitrogen and oxygen atoms in total. The van der Waals surface area contributed by atoms with Gasteiger partial charge in [0.05, 0.1) is 0 Å². The number of nitrogens with zero attached hydrogens (tertiary/aromatic N) is 1. The zero-order chi connectivity index (χ0) is 11.0. The molecule has 2 aromatic rings. The van der Waals surface area contributed by atoms with Gasteiger partial charge in [-0.3, -0.25) is 0 Å². The van der Waals surface area contributed by atoms with E-state index in [9.17, 15) is 0 Å². The van der Waals surface area contributed by atoms with Gasteiger partial charge in [-0.2, -0.15) is 0 Å². The SMILES string of the molecule is CC1CCC(c2nc3ccccc3o2)CC1. The molecule has 0 spiro atoms. The molecule has 1 saturated carbocycles. The van der Waals surface area contributed by atoms with Crippen LogP contribution in [-0.2, 0) is 0 Å². The molecular formula is C14H17NO. The highest BCUT2D eigenvalue weighted by Crippen LogP contribution is 2.36. The Balaban J connectivity index is 1.88. The second-order valence-electron chi connectivity index (χ2n) is 4.98. The molecule has 1 aliphatic carbocycles. The smallest absolute Gasteiger partial charge is 0.198 e. The molecule has 16 heavy (non-hydrogen) atoms. The standard InChI is InChI=1S/C14H17NO/c1-10-6-8-11(9-7-10)14-15-12-4-2-3-5-13(12)16-14/h2-5,10-11H,6-9H2,1H3. The van der Waals surface area contributed by atoms with Crippen molar-refractivity contribution in [2.24, 2.45) is 5.92 Å². The lowest BCUT2D eigenvalue weighted by Gasteiger charge is -2.23. The Bertz CT molecular complexity index is 447. The summed E-state index contributed by atoms with van der Waals surface area (Å²) in [7, 11) is 0. The number of oxazole rings is 1. The third-order valence-corrected chi connectivity index (χ3v) is 3.68. The molecule has 1 heterocycles. The fraction of sp³-hybridized carbons (Fsp3) is 0.500. The molecule has 1 fully saturated rings. The predicted octanol–water partition coefficient (Wildman–Crippen LogP) is 4.12. The first kappa shape index (κ1) is 9.88. The molecule has 1 aromatic carbocycles. The molecule has 0 unspecified atom stereocenters. The van der Waals surface area contributed by atoms with Gasteiger partial charge >= 0.3 is 0 Å². The van der Waals surface area contributed by atoms with E-state index >= 15 is 0 Å². The van der Waals surface area contributed by atoms with Crippen LogP contribution in [0.15, 0.2) is 28.7 Å². The second-order valence-corrected chi connectivity index (χ2v) is 4.98. The predicted molar refractivity (Wildman–Crippen MR) is 64.4 cm³/mol. The lowest BCUT2D eigenvalue weighted by Crippen LogP contribution is -2.10. The summed E-state index contributed by atoms with van der Waals surface area (Å²) < 4.78 is 5.83. The minimum atomic E-state index is 0.545. The van der Waals surface area contributed by atoms with Crippen molar-refractivity contribution in [3.8, 4) is 0 Å². The maximum Gasteiger partial charge on any atom is 0.198 e. The highest BCUT2D eigenvalue weighted by atomic mass is 16.3. The first-order chi connectivity index (χ1) is 7.83. The van der Waals surface area contributed by atoms with Crippen molar-refractivity contribution in [2.45, 2.75) is 38.5 Å². The molecule has 0 amide bonds. The fourth-order valence-electron chi connectivity index (χ4n) is 2.57. The molecular weight excluding hydrogens is 198 g/mol. The Morgan fingerprint density at radius 3 is 2.62 bits per heavy atom. The average Bonchev–Trinajstić information content (AvgIpc) is 2.73. The van der Waals surface area contributed by atoms with Crippen LogP contribution in [0.5, 0.6) is 0 Å². The van der Waals surface area contributed by atoms with Crippen LogP contribution in [0.4, 0.5) is 0 Å². The van der Waals surface area contributed by atoms with Gasteiger partial charge in [-0.05, 0) is 43.7 Å². The van der Waals surface area contributed by atoms with Crippen LogP contribution in [-0.4, -0.2) is 4.98 Å². The van der Waals surface area contributed by atoms with E-state index < -0.39 is 0 Å². The van der Waals surface area contributed by atoms with E-state index in [1.807, 2.05) is 24.3 Å². The molecule has 84 valence electrons. The Morgan fingerprint density at radius 1 is 1.12 bits per heavy atom. The van der Waals surface area contributed by atoms with Crippen molar-refractivity contribution < 1.29 is 4.42 Å². The van der Waals surface area contributed by atoms with Crippen LogP contribution in [0.3, 0.4) is 0 Å². The molecule has 1 aliphatic rings. The Morgan fingerprint density at radius 2 is 1.88 bits per heavy atom. The van der Waals surface area contributed by atoms with Crippen molar-refractivity contribution >= 4 is 11.1 Å². The van der Waals surface area contributed by atoms with Crippen molar-refractivity contribution in [1.29, 1.82) is 0 Å². The number of aromatic nitrogens is 1. The van der Waals surface area contributed by atoms with Crippen molar-refractivity contribution in [1.82, 2.24) is 4.98 Å². The molecule has 0 aliphatic heterocycles. The minimum Gasteiger partial charge on any atom is -0.440 e. The summed E-state index contributed by atoms with van der Waals surface area (Å²) in [5.41, 5.74) is 1.92. The molecule has 0 N–H and O–H groups in total. The van der Waals surface area contributed by atoms with Gasteiger partial charge in [0.1, 0.15) is 5.52 Å². The quantitative estimate of drug-likeness (QED) is 0.715. The van der Waals surface area contributed by atoms with Crippen molar-refractivity contribution in [3.05, 3.63) is 30.2 Å². The van der Waals surface area contributed by atoms with Gasteiger partial charge < -0.3 is 4.42 Å². The van der Waals surface area contributed by atoms with Gasteiger partial charge in [-0.1, -0.05) is 19.1 Å². The number of hydrogen-bond acceptors (Lipinski definition) is 2. The number of rotatable bonds is 1. The van der Waals surface area contributed by atoms with Gasteiger partial charge in [0, 0.05) is 5.92 Å². The summed E-state index contributed by atoms with van der Waals surface area (Å²) in [6.07, 6.45) is 5.08. The summed E-state index contributed by atoms with van der Waals surface area (Å²) in [4.78, 5) is 4.59. The number of benzene rings is 1. The summed E-state index contributed by atoms with van der Waals surface area (Å²) in [6, 6.07) is 8.03. The Hall–Kier alpha value is -1.31. The van der Waals surface area contributed by atoms with E-state index in [1.165, 1.54) is 25.7 Å². The normalized spacial score (nSPS) is 26.1. The van der Waals surface area contributed by atoms with Gasteiger partial charge in [0.15, 0.2) is 11.5 Å². The van der Waals surface area contributed by atoms with E-state index in [0.29, 0.717) is 5.92 Å². The van der Waals surface area contributed by atoms with Crippen molar-refractivity contribution in [3.63, 3.8) is 0 Å². The van der Waals surface area contributed by atoms with Gasteiger partial charge in [0.25, 0.3) is 0 Å². The third-order valence-electron chi connectivity index (χ3n) is 3.68. The Kier molecular flexibility index (Phi) is 2.43. The largest absolute Gasteiger partial charge is 0.440 e. The molecule has 0 saturated heterocycles. The maximum absolute atomic E-state index is 5.83. The van der Waals surface area contributed by atoms with E-state index in [1.54, 1.807) is 0 Å². The van der Waals surface area contributed by atoms with E-state index in [0.717, 1.165) is 22.9 Å². The van der Waals surface area contributed by atoms with Crippen LogP contribution in [0.2, 0.25) is 0 Å². The summed E-state index contributed by atoms with van der Waals surface area (Å²) in [6.45, 7) is 2.34. The molecule has 2 heteroatoms. The van der Waals surface area contributed by atoms with Gasteiger partial charge in [-0.25, -0.2) is 4.98 Å². The minimum absolute atomic E-state index is 0.545. The highest BCUT2D eigenvalue weighted by Gasteiger charge is 2.23. The molecule has 0 atom stereocenters. The monoisotopic (exact) mass is 215 g/mol. The number of fused-ring (bicyclic) bond motifs is 1. The van der Waals surface area contributed by atoms with Crippen LogP contribution < -0.4 is 0 Å². The zero-order valence-electron chi connectivity index (χ0n) is 9.65. The summed E-state index contributed by atoms with van der Waals surface area (Å²) in [5, 5.41) is 0. The van der Waals surface area contributed by atoms with Crippen LogP contribution in [0, 0.1) is 5.92 Å². The maximum atomic E-state index is 5.83. The zero-order valence-corrected chi connectivity index (χ0v) is 9.65. The second kappa shape index (κ2) is 3.93. The highest BCUT2D eigenvalue weighted by molar-refractivity contribution is 5.72. The Labute approximate surface area is 95.7 Å². The van der Waals surface area contributed by atoms with Gasteiger partial charge in [-0.15, -0.1) is 0 Å². The van der Waals surface area contributed by atoms with Crippen LogP contribution >= 0.6 is 0 Å².